The molecule has 63 heavy (non-hydrogen) atoms. The number of rotatable bonds is 8. The Labute approximate surface area is 375 Å². The molecule has 0 spiro atoms. The molecule has 4 heterocycles. The van der Waals surface area contributed by atoms with Crippen LogP contribution in [0.2, 0.25) is 0 Å². The summed E-state index contributed by atoms with van der Waals surface area (Å²) in [5, 5.41) is 41.8. The number of hydrogen-bond donors (Lipinski definition) is 4. The Bertz CT molecular complexity index is 1590. The fraction of sp³-hybridized carbons (Fsp3) is 0.891. The van der Waals surface area contributed by atoms with Gasteiger partial charge in [-0.2, -0.15) is 0 Å². The largest absolute Gasteiger partial charge is 0.459 e. The maximum Gasteiger partial charge on any atom is 0.408 e. The number of oxime groups is 1. The molecule has 4 N–H and O–H groups in total. The molecule has 1 amide bonds. The van der Waals surface area contributed by atoms with Gasteiger partial charge in [0.15, 0.2) is 12.6 Å². The number of nitrogens with one attached hydrogen (secondary N) is 1. The summed E-state index contributed by atoms with van der Waals surface area (Å²) in [6.45, 7) is 27.8. The highest BCUT2D eigenvalue weighted by Gasteiger charge is 2.55. The molecule has 0 saturated carbocycles. The number of fused-ring (bicyclic) bond motifs is 5. The van der Waals surface area contributed by atoms with E-state index in [1.54, 1.807) is 55.6 Å². The van der Waals surface area contributed by atoms with E-state index in [4.69, 9.17) is 42.6 Å². The summed E-state index contributed by atoms with van der Waals surface area (Å²) in [5.74, 6) is -3.59. The third-order valence-corrected chi connectivity index (χ3v) is 13.7. The molecule has 4 aliphatic heterocycles. The Morgan fingerprint density at radius 1 is 1.02 bits per heavy atom. The zero-order valence-electron chi connectivity index (χ0n) is 40.8. The number of amides is 1. The lowest BCUT2D eigenvalue weighted by Gasteiger charge is -2.50. The third-order valence-electron chi connectivity index (χ3n) is 13.7. The molecule has 0 aromatic heterocycles. The van der Waals surface area contributed by atoms with E-state index in [9.17, 15) is 25.0 Å². The van der Waals surface area contributed by atoms with E-state index >= 15 is 0 Å². The molecule has 4 rings (SSSR count). The van der Waals surface area contributed by atoms with E-state index in [0.29, 0.717) is 17.7 Å². The van der Waals surface area contributed by atoms with E-state index in [1.165, 1.54) is 0 Å². The number of hydrogen-bond acceptors (Lipinski definition) is 16. The van der Waals surface area contributed by atoms with E-state index in [2.05, 4.69) is 17.1 Å². The van der Waals surface area contributed by atoms with Crippen molar-refractivity contribution in [3.05, 3.63) is 12.2 Å². The number of alkyl carbamates (subject to hydrolysis) is 1. The minimum Gasteiger partial charge on any atom is -0.459 e. The molecule has 4 aliphatic rings. The van der Waals surface area contributed by atoms with Gasteiger partial charge in [0.25, 0.3) is 0 Å². The van der Waals surface area contributed by atoms with Crippen molar-refractivity contribution in [2.24, 2.45) is 28.8 Å². The molecule has 0 aromatic rings. The Morgan fingerprint density at radius 3 is 2.24 bits per heavy atom. The van der Waals surface area contributed by atoms with Gasteiger partial charge >= 0.3 is 12.1 Å². The molecular weight excluding hydrogens is 819 g/mol. The molecule has 364 valence electrons. The Balaban J connectivity index is 1.92. The number of aliphatic hydroxyl groups excluding tert-OH is 1. The number of ether oxygens (including phenoxy) is 9. The van der Waals surface area contributed by atoms with Gasteiger partial charge in [-0.05, 0) is 101 Å². The monoisotopic (exact) mass is 900 g/mol. The number of aliphatic hydroxyl groups is 2. The Morgan fingerprint density at radius 2 is 1.67 bits per heavy atom. The quantitative estimate of drug-likeness (QED) is 0.107. The molecule has 0 unspecified atom stereocenters. The standard InChI is InChI=1S/C46H81N3O14/c1-18-32-46(14,53)39-27(5)34(48-54)25(3)20-45(13,57-23-24(2)22-56-39)38(62-41-35(50)31(49(15)16)19-26(4)58-41)28(6)36(29(7)40(51)60-32)61-33-21-44(12,55-17)37(30(8)59-33)47-42(52)63-43(9,10)11/h25-33,35-39,41,50,53-54H,2,18-23H2,1,3-17H3,(H,47,52)/b48-34-/t25-,26-,27+,28+,29-,30+,31+,32-,33+,35-,36+,37-,38-,39-,41+,44-,45-,46-/m1/s1. The molecule has 0 radical (unpaired) electrons. The molecule has 4 saturated heterocycles. The van der Waals surface area contributed by atoms with Crippen LogP contribution in [0.1, 0.15) is 116 Å². The lowest BCUT2D eigenvalue weighted by Crippen LogP contribution is -2.64. The molecule has 17 nitrogen and oxygen atoms in total. The lowest BCUT2D eigenvalue weighted by atomic mass is 9.73. The second-order valence-electron chi connectivity index (χ2n) is 20.6. The average molecular weight is 900 g/mol. The van der Waals surface area contributed by atoms with Crippen molar-refractivity contribution in [2.45, 2.75) is 205 Å². The minimum absolute atomic E-state index is 0.0185. The zero-order valence-corrected chi connectivity index (χ0v) is 40.8. The highest BCUT2D eigenvalue weighted by molar-refractivity contribution is 5.88. The zero-order chi connectivity index (χ0) is 47.6. The van der Waals surface area contributed by atoms with Gasteiger partial charge in [-0.1, -0.05) is 39.4 Å². The van der Waals surface area contributed by atoms with Crippen LogP contribution < -0.4 is 5.32 Å². The SMILES string of the molecule is C=C1CO[C@@H]2[C@@H](C)/C(=N\O)[C@H](C)C[C@@](C)(OC1)[C@H](O[C@@H]1O[C@H](C)C[C@H](N(C)C)[C@H]1O)[C@@H](C)[C@H](O[C@H]1C[C@@](C)(OC)[C@H](NC(=O)OC(C)(C)C)[C@H](C)O1)[C@@H](C)C(=O)O[C@H](CC)[C@@]2(C)O. The molecule has 4 fully saturated rings. The van der Waals surface area contributed by atoms with Gasteiger partial charge in [0, 0.05) is 37.3 Å². The van der Waals surface area contributed by atoms with Crippen molar-refractivity contribution in [1.29, 1.82) is 0 Å². The summed E-state index contributed by atoms with van der Waals surface area (Å²) < 4.78 is 58.3. The topological polar surface area (TPSA) is 206 Å². The van der Waals surface area contributed by atoms with Gasteiger partial charge < -0.3 is 68.3 Å². The van der Waals surface area contributed by atoms with Crippen molar-refractivity contribution in [3.8, 4) is 0 Å². The maximum absolute atomic E-state index is 14.7. The van der Waals surface area contributed by atoms with E-state index in [-0.39, 0.29) is 44.6 Å². The first-order valence-corrected chi connectivity index (χ1v) is 22.7. The van der Waals surface area contributed by atoms with Crippen LogP contribution in [0.3, 0.4) is 0 Å². The molecule has 18 atom stereocenters. The lowest BCUT2D eigenvalue weighted by molar-refractivity contribution is -0.314. The summed E-state index contributed by atoms with van der Waals surface area (Å²) in [6, 6.07) is -0.955. The summed E-state index contributed by atoms with van der Waals surface area (Å²) in [4.78, 5) is 29.7. The van der Waals surface area contributed by atoms with Gasteiger partial charge in [0.1, 0.15) is 23.4 Å². The number of cyclic esters (lactones) is 1. The van der Waals surface area contributed by atoms with E-state index in [1.807, 2.05) is 60.5 Å². The Hall–Kier alpha value is -2.45. The summed E-state index contributed by atoms with van der Waals surface area (Å²) >= 11 is 0. The average Bonchev–Trinajstić information content (AvgIpc) is 3.19. The second kappa shape index (κ2) is 21.0. The van der Waals surface area contributed by atoms with Crippen molar-refractivity contribution in [3.63, 3.8) is 0 Å². The van der Waals surface area contributed by atoms with Gasteiger partial charge in [0.05, 0.1) is 72.6 Å². The third kappa shape index (κ3) is 12.3. The first kappa shape index (κ1) is 53.2. The van der Waals surface area contributed by atoms with Crippen molar-refractivity contribution < 1.29 is 67.6 Å². The van der Waals surface area contributed by atoms with E-state index < -0.39 is 113 Å². The number of esters is 1. The number of methoxy groups -OCH3 is 1. The van der Waals surface area contributed by atoms with Gasteiger partial charge in [-0.15, -0.1) is 0 Å². The van der Waals surface area contributed by atoms with E-state index in [0.717, 1.165) is 0 Å². The molecular formula is C46H81N3O14. The van der Waals surface area contributed by atoms with Gasteiger partial charge in [-0.25, -0.2) is 4.79 Å². The van der Waals surface area contributed by atoms with Crippen LogP contribution >= 0.6 is 0 Å². The van der Waals surface area contributed by atoms with Crippen LogP contribution in [0, 0.1) is 23.7 Å². The Kier molecular flexibility index (Phi) is 17.7. The van der Waals surface area contributed by atoms with Crippen LogP contribution in [-0.2, 0) is 47.4 Å². The van der Waals surface area contributed by atoms with Crippen molar-refractivity contribution in [2.75, 3.05) is 34.4 Å². The fourth-order valence-corrected chi connectivity index (χ4v) is 10.3. The van der Waals surface area contributed by atoms with Crippen LogP contribution in [0.4, 0.5) is 4.79 Å². The first-order chi connectivity index (χ1) is 29.1. The van der Waals surface area contributed by atoms with Gasteiger partial charge in [-0.3, -0.25) is 4.79 Å². The fourth-order valence-electron chi connectivity index (χ4n) is 10.3. The second-order valence-corrected chi connectivity index (χ2v) is 20.6. The number of carbonyl (C=O) groups excluding carboxylic acids is 2. The predicted molar refractivity (Wildman–Crippen MR) is 234 cm³/mol. The van der Waals surface area contributed by atoms with Crippen LogP contribution in [0.25, 0.3) is 0 Å². The van der Waals surface area contributed by atoms with Crippen molar-refractivity contribution in [1.82, 2.24) is 10.2 Å². The summed E-state index contributed by atoms with van der Waals surface area (Å²) in [7, 11) is 5.34. The number of nitrogens with zero attached hydrogens (tertiary/aromatic N) is 2. The molecule has 0 aliphatic carbocycles. The van der Waals surface area contributed by atoms with Crippen LogP contribution in [0.15, 0.2) is 17.3 Å². The van der Waals surface area contributed by atoms with Crippen LogP contribution in [0.5, 0.6) is 0 Å². The number of carbonyl (C=O) groups is 2. The molecule has 17 heteroatoms. The highest BCUT2D eigenvalue weighted by Crippen LogP contribution is 2.43. The summed E-state index contributed by atoms with van der Waals surface area (Å²) in [6.07, 6.45) is -7.75. The van der Waals surface area contributed by atoms with Gasteiger partial charge in [0.2, 0.25) is 0 Å². The normalized spacial score (nSPS) is 44.6. The van der Waals surface area contributed by atoms with Crippen molar-refractivity contribution >= 4 is 17.8 Å². The predicted octanol–water partition coefficient (Wildman–Crippen LogP) is 5.20. The highest BCUT2D eigenvalue weighted by atomic mass is 16.7. The minimum atomic E-state index is -1.78. The first-order valence-electron chi connectivity index (χ1n) is 22.7. The molecule has 2 bridgehead atoms. The van der Waals surface area contributed by atoms with Crippen LogP contribution in [-0.4, -0.2) is 162 Å². The number of likely N-dealkylation sites (N-methyl/N-ethyl adjacent to an activating group) is 1. The smallest absolute Gasteiger partial charge is 0.408 e. The maximum atomic E-state index is 14.7. The molecule has 0 aromatic carbocycles. The summed E-state index contributed by atoms with van der Waals surface area (Å²) in [5.41, 5.74) is -3.92.